The maximum absolute atomic E-state index is 13.9. The van der Waals surface area contributed by atoms with Crippen LogP contribution >= 0.6 is 12.6 Å². The summed E-state index contributed by atoms with van der Waals surface area (Å²) < 4.78 is 5.33. The fourth-order valence-corrected chi connectivity index (χ4v) is 4.54. The van der Waals surface area contributed by atoms with Gasteiger partial charge in [0.1, 0.15) is 23.4 Å². The molecule has 3 amide bonds. The van der Waals surface area contributed by atoms with Crippen LogP contribution in [0.1, 0.15) is 51.8 Å². The molecule has 208 valence electrons. The zero-order valence-electron chi connectivity index (χ0n) is 23.2. The summed E-state index contributed by atoms with van der Waals surface area (Å²) in [5.74, 6) is -1.16. The van der Waals surface area contributed by atoms with Gasteiger partial charge in [0.05, 0.1) is 0 Å². The van der Waals surface area contributed by atoms with Crippen molar-refractivity contribution in [2.75, 3.05) is 11.1 Å². The molecule has 3 rings (SSSR count). The Balaban J connectivity index is 2.02. The minimum Gasteiger partial charge on any atom is -0.507 e. The Morgan fingerprint density at radius 2 is 1.67 bits per heavy atom. The number of aryl methyl sites for hydroxylation is 1. The smallest absolute Gasteiger partial charge is 0.408 e. The van der Waals surface area contributed by atoms with E-state index in [0.29, 0.717) is 11.3 Å². The number of benzene rings is 3. The highest BCUT2D eigenvalue weighted by molar-refractivity contribution is 7.80. The number of nitrogens with zero attached hydrogens (tertiary/aromatic N) is 1. The van der Waals surface area contributed by atoms with Crippen molar-refractivity contribution in [3.63, 3.8) is 0 Å². The molecule has 3 N–H and O–H groups in total. The van der Waals surface area contributed by atoms with Crippen molar-refractivity contribution in [1.29, 1.82) is 0 Å². The highest BCUT2D eigenvalue weighted by Gasteiger charge is 2.38. The number of nitrogens with one attached hydrogen (secondary N) is 2. The molecular weight excluding hydrogens is 514 g/mol. The highest BCUT2D eigenvalue weighted by Crippen LogP contribution is 2.34. The minimum atomic E-state index is -1.20. The molecule has 0 aromatic heterocycles. The van der Waals surface area contributed by atoms with Gasteiger partial charge in [-0.1, -0.05) is 48.5 Å². The molecule has 0 bridgehead atoms. The molecule has 2 unspecified atom stereocenters. The van der Waals surface area contributed by atoms with Crippen molar-refractivity contribution in [1.82, 2.24) is 10.2 Å². The van der Waals surface area contributed by atoms with Gasteiger partial charge in [0, 0.05) is 23.0 Å². The number of alkyl carbamates (subject to hydrolysis) is 1. The van der Waals surface area contributed by atoms with Crippen molar-refractivity contribution in [3.05, 3.63) is 71.8 Å². The lowest BCUT2D eigenvalue weighted by molar-refractivity contribution is -0.142. The molecule has 9 heteroatoms. The van der Waals surface area contributed by atoms with Crippen LogP contribution < -0.4 is 10.6 Å². The van der Waals surface area contributed by atoms with Crippen LogP contribution in [0.2, 0.25) is 0 Å². The summed E-state index contributed by atoms with van der Waals surface area (Å²) in [6.45, 7) is 10.4. The van der Waals surface area contributed by atoms with E-state index in [2.05, 4.69) is 23.3 Å². The first kappa shape index (κ1) is 29.8. The van der Waals surface area contributed by atoms with E-state index in [4.69, 9.17) is 4.74 Å². The molecule has 0 aliphatic heterocycles. The second-order valence-electron chi connectivity index (χ2n) is 10.7. The number of hydrogen-bond donors (Lipinski definition) is 4. The monoisotopic (exact) mass is 551 g/mol. The average Bonchev–Trinajstić information content (AvgIpc) is 2.86. The highest BCUT2D eigenvalue weighted by atomic mass is 32.1. The quantitative estimate of drug-likeness (QED) is 0.273. The molecule has 0 heterocycles. The van der Waals surface area contributed by atoms with E-state index >= 15 is 0 Å². The first-order chi connectivity index (χ1) is 18.3. The normalized spacial score (nSPS) is 13.0. The summed E-state index contributed by atoms with van der Waals surface area (Å²) in [5.41, 5.74) is 0.613. The summed E-state index contributed by atoms with van der Waals surface area (Å²) in [6.07, 6.45) is -0.769. The van der Waals surface area contributed by atoms with Crippen LogP contribution in [0.4, 0.5) is 10.5 Å². The Bertz CT molecular complexity index is 1350. The van der Waals surface area contributed by atoms with E-state index < -0.39 is 41.6 Å². The third-order valence-corrected chi connectivity index (χ3v) is 6.45. The van der Waals surface area contributed by atoms with Crippen molar-refractivity contribution >= 4 is 47.0 Å². The number of para-hydroxylation sites is 1. The van der Waals surface area contributed by atoms with Gasteiger partial charge in [0.2, 0.25) is 5.91 Å². The number of rotatable bonds is 8. The van der Waals surface area contributed by atoms with Gasteiger partial charge >= 0.3 is 6.09 Å². The van der Waals surface area contributed by atoms with Crippen molar-refractivity contribution in [2.24, 2.45) is 0 Å². The lowest BCUT2D eigenvalue weighted by Crippen LogP contribution is -2.55. The molecule has 8 nitrogen and oxygen atoms in total. The molecule has 0 saturated heterocycles. The molecule has 0 aliphatic carbocycles. The molecule has 0 saturated carbocycles. The summed E-state index contributed by atoms with van der Waals surface area (Å²) >= 11 is 4.29. The molecule has 39 heavy (non-hydrogen) atoms. The fourth-order valence-electron chi connectivity index (χ4n) is 4.29. The largest absolute Gasteiger partial charge is 0.507 e. The SMILES string of the molecule is Cc1cccc(C(C(=O)Nc2ccc3ccccc3c2)N(C(=O)C(CS)NC(=O)OC(C)(C)C)C(C)C)c1O. The van der Waals surface area contributed by atoms with Crippen LogP contribution in [0.15, 0.2) is 60.7 Å². The van der Waals surface area contributed by atoms with Crippen molar-refractivity contribution in [3.8, 4) is 5.75 Å². The number of carbonyl (C=O) groups is 3. The van der Waals surface area contributed by atoms with Gasteiger partial charge in [-0.05, 0) is 70.0 Å². The van der Waals surface area contributed by atoms with Gasteiger partial charge in [0.15, 0.2) is 0 Å². The predicted octanol–water partition coefficient (Wildman–Crippen LogP) is 5.59. The van der Waals surface area contributed by atoms with Crippen LogP contribution in [0.5, 0.6) is 5.75 Å². The Hall–Kier alpha value is -3.72. The third-order valence-electron chi connectivity index (χ3n) is 6.09. The first-order valence-corrected chi connectivity index (χ1v) is 13.5. The Morgan fingerprint density at radius 1 is 1.00 bits per heavy atom. The average molecular weight is 552 g/mol. The standard InChI is InChI=1S/C30H37N3O5S/c1-18(2)33(28(36)24(17-39)32-29(37)38-30(4,5)6)25(23-13-9-10-19(3)26(23)34)27(35)31-22-15-14-20-11-7-8-12-21(20)16-22/h7-16,18,24-25,34,39H,17H2,1-6H3,(H,31,35)(H,32,37). The minimum absolute atomic E-state index is 0.0277. The van der Waals surface area contributed by atoms with E-state index in [1.54, 1.807) is 65.8 Å². The maximum Gasteiger partial charge on any atom is 0.408 e. The second-order valence-corrected chi connectivity index (χ2v) is 11.1. The number of hydrogen-bond acceptors (Lipinski definition) is 6. The molecule has 3 aromatic rings. The van der Waals surface area contributed by atoms with Crippen molar-refractivity contribution < 1.29 is 24.2 Å². The van der Waals surface area contributed by atoms with E-state index in [1.807, 2.05) is 36.4 Å². The number of amides is 3. The Kier molecular flexibility index (Phi) is 9.50. The van der Waals surface area contributed by atoms with Gasteiger partial charge < -0.3 is 25.4 Å². The zero-order valence-corrected chi connectivity index (χ0v) is 24.1. The number of ether oxygens (including phenoxy) is 1. The fraction of sp³-hybridized carbons (Fsp3) is 0.367. The molecule has 2 atom stereocenters. The summed E-state index contributed by atoms with van der Waals surface area (Å²) in [7, 11) is 0. The van der Waals surface area contributed by atoms with E-state index in [-0.39, 0.29) is 17.1 Å². The Morgan fingerprint density at radius 3 is 2.28 bits per heavy atom. The number of thiol groups is 1. The van der Waals surface area contributed by atoms with Gasteiger partial charge in [-0.3, -0.25) is 9.59 Å². The van der Waals surface area contributed by atoms with Gasteiger partial charge in [-0.25, -0.2) is 4.79 Å². The first-order valence-electron chi connectivity index (χ1n) is 12.8. The van der Waals surface area contributed by atoms with E-state index in [0.717, 1.165) is 10.8 Å². The topological polar surface area (TPSA) is 108 Å². The molecule has 0 aliphatic rings. The van der Waals surface area contributed by atoms with E-state index in [1.165, 1.54) is 4.90 Å². The molecule has 3 aromatic carbocycles. The summed E-state index contributed by atoms with van der Waals surface area (Å²) in [5, 5.41) is 18.4. The lowest BCUT2D eigenvalue weighted by atomic mass is 9.98. The number of aromatic hydroxyl groups is 1. The van der Waals surface area contributed by atoms with Gasteiger partial charge in [-0.2, -0.15) is 12.6 Å². The zero-order chi connectivity index (χ0) is 28.9. The summed E-state index contributed by atoms with van der Waals surface area (Å²) in [4.78, 5) is 41.7. The van der Waals surface area contributed by atoms with Crippen LogP contribution in [0, 0.1) is 6.92 Å². The number of fused-ring (bicyclic) bond motifs is 1. The number of anilines is 1. The summed E-state index contributed by atoms with van der Waals surface area (Å²) in [6, 6.07) is 15.6. The van der Waals surface area contributed by atoms with Gasteiger partial charge in [-0.15, -0.1) is 0 Å². The molecule has 0 radical (unpaired) electrons. The predicted molar refractivity (Wildman–Crippen MR) is 157 cm³/mol. The number of phenolic OH excluding ortho intramolecular Hbond substituents is 1. The van der Waals surface area contributed by atoms with Crippen molar-refractivity contribution in [2.45, 2.75) is 65.3 Å². The van der Waals surface area contributed by atoms with E-state index in [9.17, 15) is 19.5 Å². The van der Waals surface area contributed by atoms with Gasteiger partial charge in [0.25, 0.3) is 5.91 Å². The third kappa shape index (κ3) is 7.44. The second kappa shape index (κ2) is 12.4. The maximum atomic E-state index is 13.9. The number of phenols is 1. The molecule has 0 spiro atoms. The lowest BCUT2D eigenvalue weighted by Gasteiger charge is -2.37. The van der Waals surface area contributed by atoms with Crippen LogP contribution in [-0.4, -0.2) is 51.4 Å². The van der Waals surface area contributed by atoms with Crippen LogP contribution in [0.3, 0.4) is 0 Å². The molecule has 0 fully saturated rings. The number of carbonyl (C=O) groups excluding carboxylic acids is 3. The van der Waals surface area contributed by atoms with Crippen LogP contribution in [-0.2, 0) is 14.3 Å². The Labute approximate surface area is 235 Å². The molecular formula is C30H37N3O5S. The van der Waals surface area contributed by atoms with Crippen LogP contribution in [0.25, 0.3) is 10.8 Å².